The summed E-state index contributed by atoms with van der Waals surface area (Å²) in [6.45, 7) is 4.44. The number of pyridine rings is 1. The van der Waals surface area contributed by atoms with Crippen LogP contribution in [0.25, 0.3) is 11.3 Å². The smallest absolute Gasteiger partial charge is 0.261 e. The number of sulfonamides is 1. The zero-order valence-corrected chi connectivity index (χ0v) is 17.7. The maximum absolute atomic E-state index is 12.9. The largest absolute Gasteiger partial charge is 0.477 e. The van der Waals surface area contributed by atoms with Gasteiger partial charge in [0.15, 0.2) is 0 Å². The second-order valence-corrected chi connectivity index (χ2v) is 8.52. The van der Waals surface area contributed by atoms with Crippen LogP contribution in [0.15, 0.2) is 65.6 Å². The summed E-state index contributed by atoms with van der Waals surface area (Å²) in [7, 11) is -3.85. The van der Waals surface area contributed by atoms with Crippen LogP contribution in [-0.2, 0) is 10.0 Å². The Balaban J connectivity index is 2.10. The van der Waals surface area contributed by atoms with Gasteiger partial charge in [-0.3, -0.25) is 4.72 Å². The molecule has 0 unspecified atom stereocenters. The molecule has 154 valence electrons. The zero-order chi connectivity index (χ0) is 21.6. The molecule has 3 aromatic rings. The van der Waals surface area contributed by atoms with Gasteiger partial charge in [0.2, 0.25) is 5.88 Å². The topological polar surface area (TPSA) is 92.1 Å². The molecule has 0 aliphatic heterocycles. The van der Waals surface area contributed by atoms with Gasteiger partial charge in [0.05, 0.1) is 22.9 Å². The van der Waals surface area contributed by atoms with Crippen molar-refractivity contribution in [2.45, 2.75) is 31.6 Å². The van der Waals surface area contributed by atoms with Crippen molar-refractivity contribution in [3.63, 3.8) is 0 Å². The van der Waals surface area contributed by atoms with Crippen LogP contribution < -0.4 is 9.46 Å². The van der Waals surface area contributed by atoms with E-state index in [9.17, 15) is 13.7 Å². The van der Waals surface area contributed by atoms with Gasteiger partial charge in [-0.2, -0.15) is 5.26 Å². The zero-order valence-electron chi connectivity index (χ0n) is 16.9. The van der Waals surface area contributed by atoms with Crippen LogP contribution in [0.2, 0.25) is 0 Å². The average molecular weight is 422 g/mol. The van der Waals surface area contributed by atoms with Gasteiger partial charge < -0.3 is 4.74 Å². The standard InChI is InChI=1S/C23H23N3O3S/c1-3-4-14-29-23-19(16-24)15-21(22(25-23)18-12-10-17(2)11-13-18)26-30(27,28)20-8-6-5-7-9-20/h5-13,15,26H,3-4,14H2,1-2H3. The molecule has 0 bridgehead atoms. The Bertz CT molecular complexity index is 1150. The number of anilines is 1. The molecule has 0 atom stereocenters. The van der Waals surface area contributed by atoms with Crippen LogP contribution in [0.5, 0.6) is 5.88 Å². The van der Waals surface area contributed by atoms with Crippen LogP contribution >= 0.6 is 0 Å². The van der Waals surface area contributed by atoms with Crippen LogP contribution in [-0.4, -0.2) is 20.0 Å². The maximum Gasteiger partial charge on any atom is 0.261 e. The molecule has 6 nitrogen and oxygen atoms in total. The molecule has 0 saturated carbocycles. The van der Waals surface area contributed by atoms with E-state index in [0.717, 1.165) is 24.0 Å². The number of nitrogens with zero attached hydrogens (tertiary/aromatic N) is 2. The summed E-state index contributed by atoms with van der Waals surface area (Å²) in [5, 5.41) is 9.57. The third-order valence-corrected chi connectivity index (χ3v) is 5.85. The molecule has 2 aromatic carbocycles. The monoisotopic (exact) mass is 421 g/mol. The number of benzene rings is 2. The SMILES string of the molecule is CCCCOc1nc(-c2ccc(C)cc2)c(NS(=O)(=O)c2ccccc2)cc1C#N. The molecule has 0 radical (unpaired) electrons. The number of ether oxygens (including phenoxy) is 1. The number of nitriles is 1. The predicted octanol–water partition coefficient (Wildman–Crippen LogP) is 4.91. The molecule has 0 spiro atoms. The van der Waals surface area contributed by atoms with Crippen LogP contribution in [0.3, 0.4) is 0 Å². The van der Waals surface area contributed by atoms with Gasteiger partial charge in [-0.05, 0) is 31.5 Å². The van der Waals surface area contributed by atoms with Gasteiger partial charge >= 0.3 is 0 Å². The predicted molar refractivity (Wildman–Crippen MR) is 117 cm³/mol. The van der Waals surface area contributed by atoms with Gasteiger partial charge in [-0.25, -0.2) is 13.4 Å². The van der Waals surface area contributed by atoms with Crippen molar-refractivity contribution >= 4 is 15.7 Å². The lowest BCUT2D eigenvalue weighted by Gasteiger charge is -2.15. The molecular weight excluding hydrogens is 398 g/mol. The van der Waals surface area contributed by atoms with E-state index in [1.54, 1.807) is 18.2 Å². The lowest BCUT2D eigenvalue weighted by Crippen LogP contribution is -2.14. The number of hydrogen-bond acceptors (Lipinski definition) is 5. The molecule has 1 N–H and O–H groups in total. The number of aryl methyl sites for hydroxylation is 1. The van der Waals surface area contributed by atoms with Crippen molar-refractivity contribution in [1.82, 2.24) is 4.98 Å². The molecule has 1 aromatic heterocycles. The van der Waals surface area contributed by atoms with E-state index in [-0.39, 0.29) is 22.0 Å². The quantitative estimate of drug-likeness (QED) is 0.522. The van der Waals surface area contributed by atoms with E-state index in [4.69, 9.17) is 4.74 Å². The van der Waals surface area contributed by atoms with E-state index < -0.39 is 10.0 Å². The summed E-state index contributed by atoms with van der Waals surface area (Å²) < 4.78 is 34.1. The van der Waals surface area contributed by atoms with E-state index in [0.29, 0.717) is 12.3 Å². The van der Waals surface area contributed by atoms with Crippen molar-refractivity contribution in [3.8, 4) is 23.2 Å². The second kappa shape index (κ2) is 9.42. The first-order chi connectivity index (χ1) is 14.4. The summed E-state index contributed by atoms with van der Waals surface area (Å²) in [5.41, 5.74) is 2.59. The Kier molecular flexibility index (Phi) is 6.70. The first-order valence-corrected chi connectivity index (χ1v) is 11.2. The number of rotatable bonds is 8. The van der Waals surface area contributed by atoms with Crippen molar-refractivity contribution in [3.05, 3.63) is 71.8 Å². The molecule has 3 rings (SSSR count). The first-order valence-electron chi connectivity index (χ1n) is 9.67. The van der Waals surface area contributed by atoms with E-state index >= 15 is 0 Å². The fourth-order valence-electron chi connectivity index (χ4n) is 2.81. The molecule has 0 saturated heterocycles. The van der Waals surface area contributed by atoms with Crippen LogP contribution in [0.1, 0.15) is 30.9 Å². The minimum absolute atomic E-state index is 0.127. The van der Waals surface area contributed by atoms with Gasteiger partial charge in [-0.15, -0.1) is 0 Å². The first kappa shape index (κ1) is 21.3. The lowest BCUT2D eigenvalue weighted by molar-refractivity contribution is 0.297. The summed E-state index contributed by atoms with van der Waals surface area (Å²) in [5.74, 6) is 0.198. The normalized spacial score (nSPS) is 11.0. The van der Waals surface area contributed by atoms with E-state index in [2.05, 4.69) is 15.8 Å². The summed E-state index contributed by atoms with van der Waals surface area (Å²) >= 11 is 0. The number of nitrogens with one attached hydrogen (secondary N) is 1. The van der Waals surface area contributed by atoms with Crippen LogP contribution in [0.4, 0.5) is 5.69 Å². The van der Waals surface area contributed by atoms with Crippen LogP contribution in [0, 0.1) is 18.3 Å². The van der Waals surface area contributed by atoms with Crippen molar-refractivity contribution in [2.24, 2.45) is 0 Å². The molecule has 0 fully saturated rings. The number of unbranched alkanes of at least 4 members (excludes halogenated alkanes) is 1. The summed E-state index contributed by atoms with van der Waals surface area (Å²) in [4.78, 5) is 4.65. The highest BCUT2D eigenvalue weighted by atomic mass is 32.2. The fraction of sp³-hybridized carbons (Fsp3) is 0.217. The highest BCUT2D eigenvalue weighted by molar-refractivity contribution is 7.92. The molecule has 30 heavy (non-hydrogen) atoms. The average Bonchev–Trinajstić information content (AvgIpc) is 2.75. The molecule has 7 heteroatoms. The Labute approximate surface area is 177 Å². The number of hydrogen-bond donors (Lipinski definition) is 1. The van der Waals surface area contributed by atoms with Gasteiger partial charge in [0.1, 0.15) is 11.6 Å². The molecule has 1 heterocycles. The second-order valence-electron chi connectivity index (χ2n) is 6.84. The minimum atomic E-state index is -3.85. The Morgan fingerprint density at radius 2 is 1.80 bits per heavy atom. The van der Waals surface area contributed by atoms with Crippen molar-refractivity contribution in [2.75, 3.05) is 11.3 Å². The molecule has 0 aliphatic rings. The minimum Gasteiger partial charge on any atom is -0.477 e. The Morgan fingerprint density at radius 3 is 2.43 bits per heavy atom. The third kappa shape index (κ3) is 4.97. The van der Waals surface area contributed by atoms with Gasteiger partial charge in [-0.1, -0.05) is 61.4 Å². The molecule has 0 amide bonds. The summed E-state index contributed by atoms with van der Waals surface area (Å²) in [6.07, 6.45) is 1.77. The highest BCUT2D eigenvalue weighted by Gasteiger charge is 2.20. The van der Waals surface area contributed by atoms with E-state index in [1.165, 1.54) is 18.2 Å². The number of aromatic nitrogens is 1. The fourth-order valence-corrected chi connectivity index (χ4v) is 3.89. The molecule has 0 aliphatic carbocycles. The Morgan fingerprint density at radius 1 is 1.10 bits per heavy atom. The maximum atomic E-state index is 12.9. The van der Waals surface area contributed by atoms with E-state index in [1.807, 2.05) is 38.1 Å². The lowest BCUT2D eigenvalue weighted by atomic mass is 10.1. The highest BCUT2D eigenvalue weighted by Crippen LogP contribution is 2.33. The molecular formula is C23H23N3O3S. The van der Waals surface area contributed by atoms with Gasteiger partial charge in [0, 0.05) is 5.56 Å². The Hall–Kier alpha value is -3.37. The van der Waals surface area contributed by atoms with Gasteiger partial charge in [0.25, 0.3) is 10.0 Å². The third-order valence-electron chi connectivity index (χ3n) is 4.47. The van der Waals surface area contributed by atoms with Crippen molar-refractivity contribution in [1.29, 1.82) is 5.26 Å². The summed E-state index contributed by atoms with van der Waals surface area (Å²) in [6, 6.07) is 19.2. The van der Waals surface area contributed by atoms with Crippen molar-refractivity contribution < 1.29 is 13.2 Å².